The first kappa shape index (κ1) is 13.3. The Morgan fingerprint density at radius 3 is 2.50 bits per heavy atom. The lowest BCUT2D eigenvalue weighted by Gasteiger charge is -2.54. The Labute approximate surface area is 116 Å². The van der Waals surface area contributed by atoms with E-state index >= 15 is 0 Å². The maximum atomic E-state index is 12.7. The van der Waals surface area contributed by atoms with Gasteiger partial charge in [-0.2, -0.15) is 0 Å². The summed E-state index contributed by atoms with van der Waals surface area (Å²) in [6, 6.07) is 0. The standard InChI is InChI=1S/C14H16O6/c1-7-5-14(18-4)12(16)11(19-7)10-9(15)8(17-3)6-13(14,2)20-10/h5-6,10-11H,1-4H3. The molecule has 3 aliphatic heterocycles. The molecule has 0 amide bonds. The second-order valence-electron chi connectivity index (χ2n) is 5.32. The number of fused-ring (bicyclic) bond motifs is 6. The third kappa shape index (κ3) is 1.35. The molecule has 0 aromatic carbocycles. The number of hydrogen-bond acceptors (Lipinski definition) is 6. The van der Waals surface area contributed by atoms with Crippen molar-refractivity contribution in [2.45, 2.75) is 37.3 Å². The van der Waals surface area contributed by atoms with Gasteiger partial charge in [0.05, 0.1) is 12.9 Å². The largest absolute Gasteiger partial charge is 0.493 e. The fraction of sp³-hybridized carbons (Fsp3) is 0.571. The number of hydrogen-bond donors (Lipinski definition) is 0. The molecule has 4 unspecified atom stereocenters. The van der Waals surface area contributed by atoms with E-state index in [1.54, 1.807) is 19.9 Å². The molecule has 0 spiro atoms. The van der Waals surface area contributed by atoms with E-state index in [0.29, 0.717) is 5.76 Å². The van der Waals surface area contributed by atoms with Gasteiger partial charge in [-0.05, 0) is 26.0 Å². The fourth-order valence-electron chi connectivity index (χ4n) is 3.17. The second-order valence-corrected chi connectivity index (χ2v) is 5.32. The minimum absolute atomic E-state index is 0.166. The van der Waals surface area contributed by atoms with Crippen LogP contribution in [0.15, 0.2) is 23.7 Å². The first-order valence-corrected chi connectivity index (χ1v) is 6.33. The number of carbonyl (C=O) groups excluding carboxylic acids is 2. The van der Waals surface area contributed by atoms with Crippen molar-refractivity contribution >= 4 is 11.6 Å². The lowest BCUT2D eigenvalue weighted by molar-refractivity contribution is -0.235. The number of rotatable bonds is 2. The summed E-state index contributed by atoms with van der Waals surface area (Å²) >= 11 is 0. The molecule has 3 aliphatic rings. The highest BCUT2D eigenvalue weighted by Crippen LogP contribution is 2.47. The Morgan fingerprint density at radius 2 is 1.90 bits per heavy atom. The molecular weight excluding hydrogens is 264 g/mol. The minimum atomic E-state index is -1.30. The van der Waals surface area contributed by atoms with Gasteiger partial charge in [0.1, 0.15) is 5.60 Å². The number of carbonyl (C=O) groups is 2. The minimum Gasteiger partial charge on any atom is -0.493 e. The van der Waals surface area contributed by atoms with Crippen LogP contribution in [0.2, 0.25) is 0 Å². The van der Waals surface area contributed by atoms with Crippen molar-refractivity contribution in [1.82, 2.24) is 0 Å². The molecule has 4 atom stereocenters. The Kier molecular flexibility index (Phi) is 2.62. The summed E-state index contributed by atoms with van der Waals surface area (Å²) in [7, 11) is 2.85. The highest BCUT2D eigenvalue weighted by molar-refractivity contribution is 6.08. The molecule has 1 saturated heterocycles. The predicted octanol–water partition coefficient (Wildman–Crippen LogP) is 0.514. The molecule has 108 valence electrons. The summed E-state index contributed by atoms with van der Waals surface area (Å²) < 4.78 is 21.9. The first-order chi connectivity index (χ1) is 9.38. The van der Waals surface area contributed by atoms with Gasteiger partial charge in [-0.25, -0.2) is 0 Å². The molecule has 3 heterocycles. The van der Waals surface area contributed by atoms with Crippen molar-refractivity contribution in [3.8, 4) is 0 Å². The van der Waals surface area contributed by atoms with E-state index in [1.165, 1.54) is 20.3 Å². The van der Waals surface area contributed by atoms with Crippen LogP contribution < -0.4 is 0 Å². The molecule has 0 saturated carbocycles. The molecule has 0 aliphatic carbocycles. The lowest BCUT2D eigenvalue weighted by atomic mass is 9.70. The van der Waals surface area contributed by atoms with E-state index in [1.807, 2.05) is 0 Å². The summed E-state index contributed by atoms with van der Waals surface area (Å²) in [5, 5.41) is 0. The third-order valence-electron chi connectivity index (χ3n) is 4.18. The molecule has 0 aromatic rings. The van der Waals surface area contributed by atoms with Crippen molar-refractivity contribution < 1.29 is 28.5 Å². The molecule has 6 nitrogen and oxygen atoms in total. The maximum absolute atomic E-state index is 12.7. The molecule has 0 N–H and O–H groups in total. The topological polar surface area (TPSA) is 71.1 Å². The van der Waals surface area contributed by atoms with E-state index < -0.39 is 23.4 Å². The molecule has 3 rings (SSSR count). The van der Waals surface area contributed by atoms with Gasteiger partial charge in [-0.1, -0.05) is 0 Å². The number of allylic oxidation sites excluding steroid dienone is 1. The van der Waals surface area contributed by atoms with E-state index in [-0.39, 0.29) is 17.3 Å². The monoisotopic (exact) mass is 280 g/mol. The van der Waals surface area contributed by atoms with Gasteiger partial charge in [0, 0.05) is 7.11 Å². The van der Waals surface area contributed by atoms with Crippen LogP contribution in [-0.4, -0.2) is 49.2 Å². The van der Waals surface area contributed by atoms with E-state index in [4.69, 9.17) is 18.9 Å². The average Bonchev–Trinajstić information content (AvgIpc) is 2.42. The third-order valence-corrected chi connectivity index (χ3v) is 4.18. The molecule has 4 bridgehead atoms. The zero-order chi connectivity index (χ0) is 14.7. The Bertz CT molecular complexity index is 562. The average molecular weight is 280 g/mol. The van der Waals surface area contributed by atoms with Gasteiger partial charge in [0.2, 0.25) is 11.6 Å². The zero-order valence-electron chi connectivity index (χ0n) is 11.8. The van der Waals surface area contributed by atoms with Crippen LogP contribution in [0.3, 0.4) is 0 Å². The molecule has 1 fully saturated rings. The van der Waals surface area contributed by atoms with Gasteiger partial charge < -0.3 is 18.9 Å². The Hall–Kier alpha value is -1.66. The van der Waals surface area contributed by atoms with Crippen LogP contribution in [0, 0.1) is 0 Å². The smallest absolute Gasteiger partial charge is 0.230 e. The van der Waals surface area contributed by atoms with Crippen LogP contribution in [0.4, 0.5) is 0 Å². The highest BCUT2D eigenvalue weighted by Gasteiger charge is 2.67. The van der Waals surface area contributed by atoms with Crippen LogP contribution in [0.1, 0.15) is 13.8 Å². The van der Waals surface area contributed by atoms with Gasteiger partial charge >= 0.3 is 0 Å². The Balaban J connectivity index is 2.27. The first-order valence-electron chi connectivity index (χ1n) is 6.33. The second kappa shape index (κ2) is 3.93. The van der Waals surface area contributed by atoms with E-state index in [2.05, 4.69) is 0 Å². The van der Waals surface area contributed by atoms with Gasteiger partial charge in [-0.15, -0.1) is 0 Å². The van der Waals surface area contributed by atoms with Crippen molar-refractivity contribution in [2.75, 3.05) is 14.2 Å². The van der Waals surface area contributed by atoms with Gasteiger partial charge in [-0.3, -0.25) is 9.59 Å². The quantitative estimate of drug-likeness (QED) is 0.734. The van der Waals surface area contributed by atoms with Gasteiger partial charge in [0.25, 0.3) is 0 Å². The van der Waals surface area contributed by atoms with Crippen LogP contribution in [0.5, 0.6) is 0 Å². The van der Waals surface area contributed by atoms with Crippen molar-refractivity contribution in [3.63, 3.8) is 0 Å². The molecule has 0 radical (unpaired) electrons. The van der Waals surface area contributed by atoms with Crippen LogP contribution in [0.25, 0.3) is 0 Å². The number of ether oxygens (including phenoxy) is 4. The van der Waals surface area contributed by atoms with E-state index in [9.17, 15) is 9.59 Å². The number of Topliss-reactive ketones (excluding diaryl/α,β-unsaturated/α-hetero) is 2. The van der Waals surface area contributed by atoms with Crippen molar-refractivity contribution in [3.05, 3.63) is 23.7 Å². The summed E-state index contributed by atoms with van der Waals surface area (Å²) in [4.78, 5) is 24.9. The SMILES string of the molecule is COC1=CC2(C)OC(C1=O)C1OC(C)=CC2(OC)C1=O. The maximum Gasteiger partial charge on any atom is 0.230 e. The summed E-state index contributed by atoms with van der Waals surface area (Å²) in [5.41, 5.74) is -2.41. The van der Waals surface area contributed by atoms with E-state index in [0.717, 1.165) is 0 Å². The van der Waals surface area contributed by atoms with Gasteiger partial charge in [0.15, 0.2) is 23.6 Å². The number of methoxy groups -OCH3 is 2. The fourth-order valence-corrected chi connectivity index (χ4v) is 3.17. The number of ketones is 2. The normalized spacial score (nSPS) is 42.6. The predicted molar refractivity (Wildman–Crippen MR) is 66.8 cm³/mol. The highest BCUT2D eigenvalue weighted by atomic mass is 16.6. The molecule has 6 heteroatoms. The van der Waals surface area contributed by atoms with Crippen molar-refractivity contribution in [2.24, 2.45) is 0 Å². The summed E-state index contributed by atoms with van der Waals surface area (Å²) in [5.74, 6) is 0.0177. The van der Waals surface area contributed by atoms with Crippen LogP contribution >= 0.6 is 0 Å². The lowest BCUT2D eigenvalue weighted by Crippen LogP contribution is -2.73. The van der Waals surface area contributed by atoms with Crippen LogP contribution in [-0.2, 0) is 28.5 Å². The summed E-state index contributed by atoms with van der Waals surface area (Å²) in [6.45, 7) is 3.43. The Morgan fingerprint density at radius 1 is 1.20 bits per heavy atom. The zero-order valence-corrected chi connectivity index (χ0v) is 11.8. The summed E-state index contributed by atoms with van der Waals surface area (Å²) in [6.07, 6.45) is 1.11. The molecular formula is C14H16O6. The molecule has 20 heavy (non-hydrogen) atoms. The molecule has 0 aromatic heterocycles. The van der Waals surface area contributed by atoms with Crippen molar-refractivity contribution in [1.29, 1.82) is 0 Å².